The number of methoxy groups -OCH3 is 1. The molecule has 1 aromatic carbocycles. The topological polar surface area (TPSA) is 89.5 Å². The molecule has 1 amide bonds. The summed E-state index contributed by atoms with van der Waals surface area (Å²) in [5.74, 6) is -1.61. The fourth-order valence-corrected chi connectivity index (χ4v) is 4.75. The second kappa shape index (κ2) is 8.70. The van der Waals surface area contributed by atoms with E-state index in [2.05, 4.69) is 11.9 Å². The smallest absolute Gasteiger partial charge is 0.341 e. The highest BCUT2D eigenvalue weighted by Crippen LogP contribution is 2.40. The maximum atomic E-state index is 12.5. The van der Waals surface area contributed by atoms with Gasteiger partial charge in [0.1, 0.15) is 15.8 Å². The van der Waals surface area contributed by atoms with Gasteiger partial charge in [0.25, 0.3) is 0 Å². The highest BCUT2D eigenvalue weighted by Gasteiger charge is 2.30. The lowest BCUT2D eigenvalue weighted by molar-refractivity contribution is -0.115. The molecule has 0 fully saturated rings. The van der Waals surface area contributed by atoms with Gasteiger partial charge in [-0.05, 0) is 26.3 Å². The summed E-state index contributed by atoms with van der Waals surface area (Å²) in [6, 6.07) is 7.63. The monoisotopic (exact) mass is 421 g/mol. The molecule has 0 radical (unpaired) electrons. The van der Waals surface area contributed by atoms with E-state index in [4.69, 9.17) is 4.74 Å². The first-order chi connectivity index (χ1) is 13.1. The minimum absolute atomic E-state index is 0.218. The van der Waals surface area contributed by atoms with Crippen molar-refractivity contribution in [1.82, 2.24) is 0 Å². The third kappa shape index (κ3) is 4.51. The lowest BCUT2D eigenvalue weighted by Crippen LogP contribution is -2.33. The largest absolute Gasteiger partial charge is 0.465 e. The van der Waals surface area contributed by atoms with E-state index in [9.17, 15) is 18.0 Å². The van der Waals surface area contributed by atoms with Crippen LogP contribution in [0.1, 0.15) is 27.7 Å². The van der Waals surface area contributed by atoms with Crippen LogP contribution in [0.4, 0.5) is 5.00 Å². The molecule has 0 saturated heterocycles. The number of hydrogen-bond donors (Lipinski definition) is 1. The number of thiophene rings is 1. The van der Waals surface area contributed by atoms with E-state index >= 15 is 0 Å². The quantitative estimate of drug-likeness (QED) is 0.543. The zero-order valence-electron chi connectivity index (χ0n) is 16.2. The average molecular weight is 422 g/mol. The standard InChI is InChI=1S/C20H23NO5S2/c1-6-11-28(24,25)14(4)18(22)21-19-17(20(23)26-5)16(13(3)27-19)15-9-7-12(2)8-10-15/h6-10,14H,1,11H2,2-5H3,(H,21,22). The van der Waals surface area contributed by atoms with E-state index in [1.54, 1.807) is 0 Å². The number of aryl methyl sites for hydroxylation is 2. The van der Waals surface area contributed by atoms with Gasteiger partial charge in [-0.25, -0.2) is 13.2 Å². The first-order valence-corrected chi connectivity index (χ1v) is 11.1. The van der Waals surface area contributed by atoms with Gasteiger partial charge in [-0.2, -0.15) is 0 Å². The van der Waals surface area contributed by atoms with Crippen LogP contribution in [0.15, 0.2) is 36.9 Å². The molecule has 2 rings (SSSR count). The Morgan fingerprint density at radius 3 is 2.39 bits per heavy atom. The maximum Gasteiger partial charge on any atom is 0.341 e. The molecule has 0 spiro atoms. The van der Waals surface area contributed by atoms with E-state index in [1.165, 1.54) is 31.4 Å². The molecule has 1 atom stereocenters. The highest BCUT2D eigenvalue weighted by atomic mass is 32.2. The Balaban J connectivity index is 2.49. The number of esters is 1. The van der Waals surface area contributed by atoms with Gasteiger partial charge >= 0.3 is 5.97 Å². The number of ether oxygens (including phenoxy) is 1. The third-order valence-corrected chi connectivity index (χ3v) is 7.32. The van der Waals surface area contributed by atoms with Crippen molar-refractivity contribution in [3.05, 3.63) is 52.9 Å². The van der Waals surface area contributed by atoms with Crippen molar-refractivity contribution >= 4 is 38.1 Å². The lowest BCUT2D eigenvalue weighted by Gasteiger charge is -2.12. The Morgan fingerprint density at radius 1 is 1.25 bits per heavy atom. The van der Waals surface area contributed by atoms with Crippen molar-refractivity contribution in [2.75, 3.05) is 18.2 Å². The Morgan fingerprint density at radius 2 is 1.86 bits per heavy atom. The van der Waals surface area contributed by atoms with Gasteiger partial charge in [-0.3, -0.25) is 4.79 Å². The van der Waals surface area contributed by atoms with Crippen LogP contribution in [-0.2, 0) is 19.4 Å². The van der Waals surface area contributed by atoms with Crippen LogP contribution < -0.4 is 5.32 Å². The van der Waals surface area contributed by atoms with Gasteiger partial charge < -0.3 is 10.1 Å². The summed E-state index contributed by atoms with van der Waals surface area (Å²) in [7, 11) is -2.41. The summed E-state index contributed by atoms with van der Waals surface area (Å²) in [5, 5.41) is 1.59. The second-order valence-corrected chi connectivity index (χ2v) is 9.94. The third-order valence-electron chi connectivity index (χ3n) is 4.31. The predicted molar refractivity (Wildman–Crippen MR) is 113 cm³/mol. The molecule has 1 heterocycles. The van der Waals surface area contributed by atoms with Crippen LogP contribution in [0, 0.1) is 13.8 Å². The predicted octanol–water partition coefficient (Wildman–Crippen LogP) is 3.75. The van der Waals surface area contributed by atoms with Crippen LogP contribution in [0.2, 0.25) is 0 Å². The van der Waals surface area contributed by atoms with Crippen LogP contribution in [0.25, 0.3) is 11.1 Å². The summed E-state index contributed by atoms with van der Waals surface area (Å²) in [6.07, 6.45) is 1.24. The van der Waals surface area contributed by atoms with Gasteiger partial charge in [0, 0.05) is 10.4 Å². The molecular weight excluding hydrogens is 398 g/mol. The number of rotatable bonds is 7. The van der Waals surface area contributed by atoms with Crippen molar-refractivity contribution < 1.29 is 22.7 Å². The summed E-state index contributed by atoms with van der Waals surface area (Å²) in [4.78, 5) is 25.8. The van der Waals surface area contributed by atoms with E-state index in [1.807, 2.05) is 38.1 Å². The Labute approximate surface area is 169 Å². The second-order valence-electron chi connectivity index (χ2n) is 6.34. The number of benzene rings is 1. The average Bonchev–Trinajstić information content (AvgIpc) is 2.96. The summed E-state index contributed by atoms with van der Waals surface area (Å²) < 4.78 is 29.2. The molecule has 0 aliphatic rings. The Bertz CT molecular complexity index is 1000. The highest BCUT2D eigenvalue weighted by molar-refractivity contribution is 7.92. The van der Waals surface area contributed by atoms with Gasteiger partial charge in [-0.1, -0.05) is 35.9 Å². The molecule has 8 heteroatoms. The fourth-order valence-electron chi connectivity index (χ4n) is 2.68. The number of hydrogen-bond acceptors (Lipinski definition) is 6. The van der Waals surface area contributed by atoms with Crippen molar-refractivity contribution in [2.24, 2.45) is 0 Å². The Kier molecular flexibility index (Phi) is 6.79. The number of nitrogens with one attached hydrogen (secondary N) is 1. The molecule has 6 nitrogen and oxygen atoms in total. The van der Waals surface area contributed by atoms with Crippen LogP contribution in [-0.4, -0.2) is 38.4 Å². The van der Waals surface area contributed by atoms with Gasteiger partial charge in [0.2, 0.25) is 5.91 Å². The zero-order valence-corrected chi connectivity index (χ0v) is 17.9. The van der Waals surface area contributed by atoms with Gasteiger partial charge in [0.05, 0.1) is 12.9 Å². The van der Waals surface area contributed by atoms with E-state index in [0.29, 0.717) is 5.56 Å². The van der Waals surface area contributed by atoms with Crippen molar-refractivity contribution in [1.29, 1.82) is 0 Å². The Hall–Kier alpha value is -2.45. The van der Waals surface area contributed by atoms with Crippen LogP contribution >= 0.6 is 11.3 Å². The fraction of sp³-hybridized carbons (Fsp3) is 0.300. The van der Waals surface area contributed by atoms with Crippen molar-refractivity contribution in [2.45, 2.75) is 26.0 Å². The van der Waals surface area contributed by atoms with Crippen LogP contribution in [0.5, 0.6) is 0 Å². The molecule has 0 saturated carbocycles. The van der Waals surface area contributed by atoms with Crippen LogP contribution in [0.3, 0.4) is 0 Å². The van der Waals surface area contributed by atoms with Crippen molar-refractivity contribution in [3.63, 3.8) is 0 Å². The van der Waals surface area contributed by atoms with Crippen molar-refractivity contribution in [3.8, 4) is 11.1 Å². The minimum atomic E-state index is -3.67. The first kappa shape index (κ1) is 21.8. The van der Waals surface area contributed by atoms with E-state index in [0.717, 1.165) is 16.0 Å². The molecule has 0 aliphatic heterocycles. The minimum Gasteiger partial charge on any atom is -0.465 e. The molecule has 28 heavy (non-hydrogen) atoms. The molecule has 1 unspecified atom stereocenters. The van der Waals surface area contributed by atoms with E-state index < -0.39 is 27.0 Å². The summed E-state index contributed by atoms with van der Waals surface area (Å²) >= 11 is 1.21. The van der Waals surface area contributed by atoms with Gasteiger partial charge in [0.15, 0.2) is 9.84 Å². The number of amides is 1. The van der Waals surface area contributed by atoms with E-state index in [-0.39, 0.29) is 16.3 Å². The number of carbonyl (C=O) groups is 2. The molecule has 2 aromatic rings. The molecule has 0 bridgehead atoms. The summed E-state index contributed by atoms with van der Waals surface area (Å²) in [5.41, 5.74) is 2.77. The number of anilines is 1. The lowest BCUT2D eigenvalue weighted by atomic mass is 10.0. The number of carbonyl (C=O) groups excluding carboxylic acids is 2. The summed E-state index contributed by atoms with van der Waals surface area (Å²) in [6.45, 7) is 8.51. The molecular formula is C20H23NO5S2. The van der Waals surface area contributed by atoms with Gasteiger partial charge in [-0.15, -0.1) is 17.9 Å². The molecule has 150 valence electrons. The normalized spacial score (nSPS) is 12.3. The molecule has 1 aromatic heterocycles. The zero-order chi connectivity index (χ0) is 21.1. The SMILES string of the molecule is C=CCS(=O)(=O)C(C)C(=O)Nc1sc(C)c(-c2ccc(C)cc2)c1C(=O)OC. The molecule has 0 aliphatic carbocycles. The first-order valence-electron chi connectivity index (χ1n) is 8.54. The number of sulfone groups is 1. The molecule has 1 N–H and O–H groups in total. The maximum absolute atomic E-state index is 12.5.